The van der Waals surface area contributed by atoms with E-state index in [1.807, 2.05) is 26.0 Å². The molecule has 0 saturated carbocycles. The fourth-order valence-electron chi connectivity index (χ4n) is 2.74. The number of thiazole rings is 1. The fraction of sp³-hybridized carbons (Fsp3) is 0.250. The molecule has 5 nitrogen and oxygen atoms in total. The van der Waals surface area contributed by atoms with Crippen LogP contribution >= 0.6 is 11.3 Å². The molecule has 3 rings (SSSR count). The summed E-state index contributed by atoms with van der Waals surface area (Å²) in [6.45, 7) is 5.62. The molecular weight excluding hydrogens is 386 g/mol. The monoisotopic (exact) mass is 404 g/mol. The van der Waals surface area contributed by atoms with Crippen molar-refractivity contribution in [3.05, 3.63) is 63.5 Å². The summed E-state index contributed by atoms with van der Waals surface area (Å²) < 4.78 is 35.2. The average Bonchev–Trinajstić information content (AvgIpc) is 2.92. The molecule has 146 valence electrons. The Bertz CT molecular complexity index is 1130. The highest BCUT2D eigenvalue weighted by Crippen LogP contribution is 2.22. The lowest BCUT2D eigenvalue weighted by atomic mass is 10.1. The summed E-state index contributed by atoms with van der Waals surface area (Å²) in [5.41, 5.74) is 2.01. The maximum atomic E-state index is 13.9. The molecule has 1 heterocycles. The first kappa shape index (κ1) is 19.9. The highest BCUT2D eigenvalue weighted by atomic mass is 32.1. The highest BCUT2D eigenvalue weighted by Gasteiger charge is 2.18. The van der Waals surface area contributed by atoms with Gasteiger partial charge in [0.1, 0.15) is 23.7 Å². The minimum Gasteiger partial charge on any atom is -0.465 e. The van der Waals surface area contributed by atoms with E-state index in [9.17, 15) is 18.4 Å². The Kier molecular flexibility index (Phi) is 5.69. The lowest BCUT2D eigenvalue weighted by Crippen LogP contribution is -2.23. The van der Waals surface area contributed by atoms with Crippen LogP contribution in [-0.4, -0.2) is 23.1 Å². The molecule has 0 unspecified atom stereocenters. The van der Waals surface area contributed by atoms with Crippen LogP contribution in [0.25, 0.3) is 10.2 Å². The van der Waals surface area contributed by atoms with Crippen LogP contribution in [0.3, 0.4) is 0 Å². The van der Waals surface area contributed by atoms with Crippen LogP contribution in [0, 0.1) is 25.5 Å². The number of aromatic nitrogens is 1. The van der Waals surface area contributed by atoms with Crippen molar-refractivity contribution >= 4 is 33.4 Å². The third-order valence-corrected chi connectivity index (χ3v) is 5.31. The quantitative estimate of drug-likeness (QED) is 0.620. The van der Waals surface area contributed by atoms with Gasteiger partial charge >= 0.3 is 5.97 Å². The Balaban J connectivity index is 2.20. The molecule has 0 radical (unpaired) electrons. The lowest BCUT2D eigenvalue weighted by molar-refractivity contribution is -0.143. The van der Waals surface area contributed by atoms with Crippen molar-refractivity contribution in [1.29, 1.82) is 0 Å². The molecule has 1 aromatic heterocycles. The summed E-state index contributed by atoms with van der Waals surface area (Å²) in [6, 6.07) is 6.97. The van der Waals surface area contributed by atoms with Gasteiger partial charge in [0.15, 0.2) is 4.80 Å². The van der Waals surface area contributed by atoms with Gasteiger partial charge in [-0.2, -0.15) is 4.99 Å². The second-order valence-electron chi connectivity index (χ2n) is 6.19. The number of hydrogen-bond acceptors (Lipinski definition) is 4. The molecule has 1 amide bonds. The van der Waals surface area contributed by atoms with Crippen LogP contribution in [-0.2, 0) is 16.1 Å². The van der Waals surface area contributed by atoms with E-state index in [4.69, 9.17) is 4.74 Å². The summed E-state index contributed by atoms with van der Waals surface area (Å²) in [6.07, 6.45) is 0. The molecule has 0 N–H and O–H groups in total. The van der Waals surface area contributed by atoms with Crippen molar-refractivity contribution in [3.63, 3.8) is 0 Å². The van der Waals surface area contributed by atoms with E-state index in [1.54, 1.807) is 6.92 Å². The van der Waals surface area contributed by atoms with Gasteiger partial charge in [0.2, 0.25) is 0 Å². The van der Waals surface area contributed by atoms with Gasteiger partial charge in [0, 0.05) is 0 Å². The predicted molar refractivity (Wildman–Crippen MR) is 102 cm³/mol. The van der Waals surface area contributed by atoms with Crippen molar-refractivity contribution < 1.29 is 23.1 Å². The van der Waals surface area contributed by atoms with Crippen molar-refractivity contribution in [1.82, 2.24) is 4.57 Å². The zero-order valence-corrected chi connectivity index (χ0v) is 16.4. The Morgan fingerprint density at radius 3 is 2.43 bits per heavy atom. The summed E-state index contributed by atoms with van der Waals surface area (Å²) in [5, 5.41) is 0. The molecule has 0 aliphatic rings. The molecule has 0 saturated heterocycles. The number of esters is 1. The third kappa shape index (κ3) is 3.87. The maximum Gasteiger partial charge on any atom is 0.326 e. The first-order chi connectivity index (χ1) is 13.3. The number of halogens is 2. The van der Waals surface area contributed by atoms with E-state index in [1.165, 1.54) is 10.6 Å². The Labute approximate surface area is 163 Å². The summed E-state index contributed by atoms with van der Waals surface area (Å²) in [4.78, 5) is 28.6. The number of ether oxygens (including phenoxy) is 1. The first-order valence-electron chi connectivity index (χ1n) is 8.61. The number of aryl methyl sites for hydroxylation is 2. The van der Waals surface area contributed by atoms with Gasteiger partial charge in [-0.1, -0.05) is 17.4 Å². The third-order valence-electron chi connectivity index (χ3n) is 4.26. The molecule has 0 spiro atoms. The minimum atomic E-state index is -1.05. The molecule has 28 heavy (non-hydrogen) atoms. The fourth-order valence-corrected chi connectivity index (χ4v) is 3.85. The van der Waals surface area contributed by atoms with Crippen LogP contribution in [0.15, 0.2) is 35.3 Å². The predicted octanol–water partition coefficient (Wildman–Crippen LogP) is 3.90. The van der Waals surface area contributed by atoms with E-state index < -0.39 is 29.1 Å². The number of amides is 1. The number of rotatable bonds is 4. The second-order valence-corrected chi connectivity index (χ2v) is 7.20. The van der Waals surface area contributed by atoms with E-state index in [2.05, 4.69) is 4.99 Å². The van der Waals surface area contributed by atoms with Gasteiger partial charge in [-0.3, -0.25) is 9.59 Å². The zero-order chi connectivity index (χ0) is 20.4. The molecule has 0 aliphatic heterocycles. The van der Waals surface area contributed by atoms with Gasteiger partial charge in [-0.15, -0.1) is 0 Å². The van der Waals surface area contributed by atoms with Gasteiger partial charge in [0.05, 0.1) is 16.8 Å². The molecule has 8 heteroatoms. The molecule has 2 aromatic carbocycles. The SMILES string of the molecule is CCOC(=O)Cn1c(=NC(=O)c2c(F)cccc2F)sc2cc(C)c(C)cc21. The van der Waals surface area contributed by atoms with Crippen LogP contribution < -0.4 is 4.80 Å². The van der Waals surface area contributed by atoms with Crippen molar-refractivity contribution in [2.45, 2.75) is 27.3 Å². The molecule has 0 atom stereocenters. The molecule has 0 fully saturated rings. The maximum absolute atomic E-state index is 13.9. The summed E-state index contributed by atoms with van der Waals surface area (Å²) in [5.74, 6) is -3.52. The van der Waals surface area contributed by atoms with Crippen molar-refractivity contribution in [3.8, 4) is 0 Å². The number of carbonyl (C=O) groups is 2. The largest absolute Gasteiger partial charge is 0.465 e. The first-order valence-corrected chi connectivity index (χ1v) is 9.42. The van der Waals surface area contributed by atoms with Crippen molar-refractivity contribution in [2.75, 3.05) is 6.61 Å². The van der Waals surface area contributed by atoms with E-state index in [0.717, 1.165) is 39.3 Å². The van der Waals surface area contributed by atoms with Gasteiger partial charge < -0.3 is 9.30 Å². The number of benzene rings is 2. The van der Waals surface area contributed by atoms with Gasteiger partial charge in [-0.05, 0) is 56.2 Å². The van der Waals surface area contributed by atoms with Crippen LogP contribution in [0.1, 0.15) is 28.4 Å². The number of fused-ring (bicyclic) bond motifs is 1. The van der Waals surface area contributed by atoms with Gasteiger partial charge in [-0.25, -0.2) is 8.78 Å². The number of carbonyl (C=O) groups excluding carboxylic acids is 2. The van der Waals surface area contributed by atoms with Gasteiger partial charge in [0.25, 0.3) is 5.91 Å². The molecular formula is C20H18F2N2O3S. The van der Waals surface area contributed by atoms with Crippen LogP contribution in [0.4, 0.5) is 8.78 Å². The topological polar surface area (TPSA) is 60.7 Å². The standard InChI is InChI=1S/C20H18F2N2O3S/c1-4-27-17(25)10-24-15-8-11(2)12(3)9-16(15)28-20(24)23-19(26)18-13(21)6-5-7-14(18)22/h5-9H,4,10H2,1-3H3. The van der Waals surface area contributed by atoms with E-state index in [0.29, 0.717) is 5.52 Å². The van der Waals surface area contributed by atoms with E-state index in [-0.39, 0.29) is 18.0 Å². The molecule has 0 bridgehead atoms. The van der Waals surface area contributed by atoms with E-state index >= 15 is 0 Å². The van der Waals surface area contributed by atoms with Crippen LogP contribution in [0.2, 0.25) is 0 Å². The molecule has 3 aromatic rings. The Morgan fingerprint density at radius 1 is 1.14 bits per heavy atom. The zero-order valence-electron chi connectivity index (χ0n) is 15.6. The number of hydrogen-bond donors (Lipinski definition) is 0. The summed E-state index contributed by atoms with van der Waals surface area (Å²) >= 11 is 1.16. The summed E-state index contributed by atoms with van der Waals surface area (Å²) in [7, 11) is 0. The van der Waals surface area contributed by atoms with Crippen molar-refractivity contribution in [2.24, 2.45) is 4.99 Å². The van der Waals surface area contributed by atoms with Crippen LogP contribution in [0.5, 0.6) is 0 Å². The average molecular weight is 404 g/mol. The Morgan fingerprint density at radius 2 is 1.79 bits per heavy atom. The minimum absolute atomic E-state index is 0.164. The molecule has 0 aliphatic carbocycles. The highest BCUT2D eigenvalue weighted by molar-refractivity contribution is 7.16. The smallest absolute Gasteiger partial charge is 0.326 e. The Hall–Kier alpha value is -2.87. The lowest BCUT2D eigenvalue weighted by Gasteiger charge is -2.06. The number of nitrogens with zero attached hydrogens (tertiary/aromatic N) is 2. The normalized spacial score (nSPS) is 11.8. The second kappa shape index (κ2) is 8.02.